The molecule has 3 aromatic rings. The highest BCUT2D eigenvalue weighted by molar-refractivity contribution is 5.89. The van der Waals surface area contributed by atoms with Crippen LogP contribution in [0.25, 0.3) is 15.9 Å². The van der Waals surface area contributed by atoms with E-state index in [0.717, 1.165) is 12.1 Å². The minimum Gasteiger partial charge on any atom is -0.380 e. The van der Waals surface area contributed by atoms with Gasteiger partial charge in [0.1, 0.15) is 17.4 Å². The molecule has 3 rings (SSSR count). The molecule has 0 saturated carbocycles. The number of carbonyl (C=O) groups excluding carboxylic acids is 1. The Labute approximate surface area is 169 Å². The number of alkyl halides is 3. The molecule has 0 bridgehead atoms. The molecular weight excluding hydrogens is 397 g/mol. The van der Waals surface area contributed by atoms with E-state index in [0.29, 0.717) is 11.0 Å². The van der Waals surface area contributed by atoms with E-state index in [4.69, 9.17) is 11.8 Å². The number of halogens is 3. The monoisotopic (exact) mass is 412 g/mol. The maximum atomic E-state index is 13.1. The first-order valence-corrected chi connectivity index (χ1v) is 8.74. The van der Waals surface area contributed by atoms with Gasteiger partial charge in [-0.15, -0.1) is 0 Å². The number of nitriles is 1. The lowest BCUT2D eigenvalue weighted by Crippen LogP contribution is -2.40. The molecule has 6 nitrogen and oxygen atoms in total. The number of hydrogen-bond donors (Lipinski definition) is 1. The van der Waals surface area contributed by atoms with E-state index >= 15 is 0 Å². The van der Waals surface area contributed by atoms with Gasteiger partial charge in [-0.1, -0.05) is 18.2 Å². The molecule has 152 valence electrons. The van der Waals surface area contributed by atoms with Crippen molar-refractivity contribution in [3.8, 4) is 6.07 Å². The number of fused-ring (bicyclic) bond motifs is 1. The molecule has 0 amide bonds. The molecule has 1 aromatic carbocycles. The number of rotatable bonds is 5. The van der Waals surface area contributed by atoms with Crippen LogP contribution < -0.4 is 0 Å². The Bertz CT molecular complexity index is 1210. The summed E-state index contributed by atoms with van der Waals surface area (Å²) in [7, 11) is 0. The van der Waals surface area contributed by atoms with Gasteiger partial charge >= 0.3 is 6.18 Å². The van der Waals surface area contributed by atoms with Gasteiger partial charge in [0.25, 0.3) is 0 Å². The maximum Gasteiger partial charge on any atom is 0.407 e. The Balaban J connectivity index is 1.83. The van der Waals surface area contributed by atoms with Crippen molar-refractivity contribution in [2.45, 2.75) is 31.7 Å². The normalized spacial score (nSPS) is 13.4. The summed E-state index contributed by atoms with van der Waals surface area (Å²) in [4.78, 5) is 19.6. The zero-order chi connectivity index (χ0) is 22.1. The molecule has 0 fully saturated rings. The van der Waals surface area contributed by atoms with Crippen LogP contribution in [0.2, 0.25) is 0 Å². The number of aliphatic hydroxyl groups is 1. The lowest BCUT2D eigenvalue weighted by atomic mass is 9.94. The third-order valence-electron chi connectivity index (χ3n) is 4.67. The first kappa shape index (κ1) is 21.0. The lowest BCUT2D eigenvalue weighted by molar-refractivity contribution is -0.138. The molecule has 0 radical (unpaired) electrons. The van der Waals surface area contributed by atoms with Gasteiger partial charge in [-0.3, -0.25) is 4.79 Å². The molecule has 2 aromatic heterocycles. The number of aromatic nitrogens is 2. The number of hydrogen-bond acceptors (Lipinski definition) is 4. The second-order valence-corrected chi connectivity index (χ2v) is 6.99. The fourth-order valence-electron chi connectivity index (χ4n) is 3.09. The van der Waals surface area contributed by atoms with Crippen LogP contribution in [0.15, 0.2) is 42.6 Å². The number of ketones is 1. The van der Waals surface area contributed by atoms with Gasteiger partial charge in [-0.25, -0.2) is 9.83 Å². The average Bonchev–Trinajstić information content (AvgIpc) is 3.08. The van der Waals surface area contributed by atoms with Crippen LogP contribution in [0.4, 0.5) is 18.9 Å². The second kappa shape index (κ2) is 7.62. The minimum atomic E-state index is -4.72. The van der Waals surface area contributed by atoms with Crippen LogP contribution in [0, 0.1) is 17.9 Å². The van der Waals surface area contributed by atoms with Crippen LogP contribution in [0.3, 0.4) is 0 Å². The third-order valence-corrected chi connectivity index (χ3v) is 4.67. The summed E-state index contributed by atoms with van der Waals surface area (Å²) in [5.74, 6) is -0.672. The molecule has 9 heteroatoms. The highest BCUT2D eigenvalue weighted by Crippen LogP contribution is 2.37. The molecular formula is C21H15F3N4O2. The molecule has 0 saturated heterocycles. The summed E-state index contributed by atoms with van der Waals surface area (Å²) >= 11 is 0. The molecule has 0 aliphatic heterocycles. The van der Waals surface area contributed by atoms with Gasteiger partial charge in [0, 0.05) is 12.6 Å². The number of carbonyl (C=O) groups is 1. The number of Topliss-reactive ketones (excluding diaryl/α,β-unsaturated/α-hetero) is 1. The van der Waals surface area contributed by atoms with E-state index in [2.05, 4.69) is 9.83 Å². The number of benzene rings is 1. The fraction of sp³-hybridized carbons (Fsp3) is 0.238. The summed E-state index contributed by atoms with van der Waals surface area (Å²) in [5.41, 5.74) is -2.13. The van der Waals surface area contributed by atoms with E-state index in [1.54, 1.807) is 22.9 Å². The largest absolute Gasteiger partial charge is 0.407 e. The molecule has 2 heterocycles. The standard InChI is InChI=1S/C21H15F3N4O2/c1-20(30,12-28-8-7-17-18(28)6-4-14(11-25)27-17)19(29)10-13-3-5-16(26-2)15(9-13)21(22,23)24/h3-9,30H,10,12H2,1H3/t20-/m0/s1. The van der Waals surface area contributed by atoms with Crippen molar-refractivity contribution < 1.29 is 23.1 Å². The van der Waals surface area contributed by atoms with E-state index < -0.39 is 35.2 Å². The quantitative estimate of drug-likeness (QED) is 0.641. The topological polar surface area (TPSA) is 83.3 Å². The van der Waals surface area contributed by atoms with E-state index in [9.17, 15) is 23.1 Å². The van der Waals surface area contributed by atoms with Crippen LogP contribution in [0.1, 0.15) is 23.7 Å². The van der Waals surface area contributed by atoms with Gasteiger partial charge in [-0.2, -0.15) is 18.4 Å². The predicted octanol–water partition coefficient (Wildman–Crippen LogP) is 4.04. The third kappa shape index (κ3) is 4.17. The minimum absolute atomic E-state index is 0.0534. The Morgan fingerprint density at radius 3 is 2.67 bits per heavy atom. The van der Waals surface area contributed by atoms with Crippen molar-refractivity contribution in [2.24, 2.45) is 0 Å². The van der Waals surface area contributed by atoms with Crippen molar-refractivity contribution in [3.63, 3.8) is 0 Å². The molecule has 1 atom stereocenters. The van der Waals surface area contributed by atoms with Crippen molar-refractivity contribution in [3.05, 3.63) is 70.8 Å². The fourth-order valence-corrected chi connectivity index (χ4v) is 3.09. The average molecular weight is 412 g/mol. The van der Waals surface area contributed by atoms with Crippen LogP contribution in [0.5, 0.6) is 0 Å². The van der Waals surface area contributed by atoms with Crippen molar-refractivity contribution in [2.75, 3.05) is 0 Å². The Morgan fingerprint density at radius 1 is 1.30 bits per heavy atom. The summed E-state index contributed by atoms with van der Waals surface area (Å²) in [5, 5.41) is 19.6. The highest BCUT2D eigenvalue weighted by Gasteiger charge is 2.35. The lowest BCUT2D eigenvalue weighted by Gasteiger charge is -2.23. The molecule has 0 unspecified atom stereocenters. The van der Waals surface area contributed by atoms with Gasteiger partial charge in [0.15, 0.2) is 11.5 Å². The summed E-state index contributed by atoms with van der Waals surface area (Å²) in [6.07, 6.45) is -3.54. The zero-order valence-corrected chi connectivity index (χ0v) is 15.7. The van der Waals surface area contributed by atoms with Crippen LogP contribution in [-0.2, 0) is 23.9 Å². The van der Waals surface area contributed by atoms with Gasteiger partial charge in [-0.05, 0) is 30.7 Å². The molecule has 30 heavy (non-hydrogen) atoms. The first-order chi connectivity index (χ1) is 14.0. The molecule has 0 aliphatic carbocycles. The number of pyridine rings is 1. The van der Waals surface area contributed by atoms with Gasteiger partial charge in [0.05, 0.1) is 29.7 Å². The predicted molar refractivity (Wildman–Crippen MR) is 101 cm³/mol. The molecule has 0 spiro atoms. The first-order valence-electron chi connectivity index (χ1n) is 8.74. The van der Waals surface area contributed by atoms with Crippen LogP contribution >= 0.6 is 0 Å². The van der Waals surface area contributed by atoms with Crippen molar-refractivity contribution in [1.29, 1.82) is 5.26 Å². The van der Waals surface area contributed by atoms with Gasteiger partial charge < -0.3 is 9.67 Å². The van der Waals surface area contributed by atoms with E-state index in [1.165, 1.54) is 19.1 Å². The van der Waals surface area contributed by atoms with Crippen molar-refractivity contribution >= 4 is 22.5 Å². The van der Waals surface area contributed by atoms with Crippen LogP contribution in [-0.4, -0.2) is 26.0 Å². The Hall–Kier alpha value is -3.69. The zero-order valence-electron chi connectivity index (χ0n) is 15.7. The maximum absolute atomic E-state index is 13.1. The SMILES string of the molecule is [C-]#[N+]c1ccc(CC(=O)[C@@](C)(O)Cn2ccc3nc(C#N)ccc32)cc1C(F)(F)F. The summed E-state index contributed by atoms with van der Waals surface area (Å²) < 4.78 is 41.0. The molecule has 1 N–H and O–H groups in total. The molecule has 0 aliphatic rings. The number of nitrogens with zero attached hydrogens (tertiary/aromatic N) is 4. The van der Waals surface area contributed by atoms with E-state index in [1.807, 2.05) is 6.07 Å². The smallest absolute Gasteiger partial charge is 0.380 e. The Morgan fingerprint density at radius 2 is 2.03 bits per heavy atom. The Kier molecular flexibility index (Phi) is 5.34. The van der Waals surface area contributed by atoms with E-state index in [-0.39, 0.29) is 17.8 Å². The summed E-state index contributed by atoms with van der Waals surface area (Å²) in [6, 6.07) is 9.76. The summed E-state index contributed by atoms with van der Waals surface area (Å²) in [6.45, 7) is 8.01. The van der Waals surface area contributed by atoms with Gasteiger partial charge in [0.2, 0.25) is 0 Å². The highest BCUT2D eigenvalue weighted by atomic mass is 19.4. The second-order valence-electron chi connectivity index (χ2n) is 6.99. The van der Waals surface area contributed by atoms with Crippen molar-refractivity contribution in [1.82, 2.24) is 9.55 Å².